The van der Waals surface area contributed by atoms with E-state index in [1.54, 1.807) is 32.6 Å². The highest BCUT2D eigenvalue weighted by Crippen LogP contribution is 2.28. The molecule has 2 rings (SSSR count). The maximum Gasteiger partial charge on any atom is 0.326 e. The molecule has 2 aliphatic rings. The molecular formula is C31H52N6O9. The lowest BCUT2D eigenvalue weighted by atomic mass is 9.79. The van der Waals surface area contributed by atoms with Crippen molar-refractivity contribution in [2.75, 3.05) is 13.1 Å². The van der Waals surface area contributed by atoms with E-state index in [4.69, 9.17) is 0 Å². The summed E-state index contributed by atoms with van der Waals surface area (Å²) in [6.07, 6.45) is 3.23. The largest absolute Gasteiger partial charge is 0.481 e. The van der Waals surface area contributed by atoms with Crippen molar-refractivity contribution in [1.29, 1.82) is 0 Å². The van der Waals surface area contributed by atoms with Gasteiger partial charge >= 0.3 is 18.0 Å². The SMILES string of the molecule is CC(C)[C@H](NC(=O)[C@H](CC(=O)O)NC(=O)[C@H](CC(=O)N1CCCC1)NC(=O)[C@@H](NC(=O)NC1[C@H](C)CCC[C@@H]1C)C(C)C)C(=O)O. The van der Waals surface area contributed by atoms with Gasteiger partial charge in [-0.1, -0.05) is 48.0 Å². The number of urea groups is 1. The molecule has 15 heteroatoms. The number of nitrogens with one attached hydrogen (secondary N) is 5. The summed E-state index contributed by atoms with van der Waals surface area (Å²) < 4.78 is 0. The molecule has 1 aliphatic heterocycles. The minimum atomic E-state index is -1.70. The Morgan fingerprint density at radius 1 is 0.674 bits per heavy atom. The van der Waals surface area contributed by atoms with Gasteiger partial charge in [-0.15, -0.1) is 0 Å². The van der Waals surface area contributed by atoms with Crippen molar-refractivity contribution >= 4 is 41.6 Å². The van der Waals surface area contributed by atoms with Crippen LogP contribution >= 0.6 is 0 Å². The van der Waals surface area contributed by atoms with Gasteiger partial charge in [-0.05, 0) is 49.4 Å². The fourth-order valence-corrected chi connectivity index (χ4v) is 6.00. The van der Waals surface area contributed by atoms with Gasteiger partial charge in [0.2, 0.25) is 23.6 Å². The number of carboxylic acid groups (broad SMARTS) is 2. The van der Waals surface area contributed by atoms with Crippen LogP contribution in [0.2, 0.25) is 0 Å². The molecule has 0 aromatic rings. The molecule has 0 spiro atoms. The van der Waals surface area contributed by atoms with Crippen LogP contribution in [0.5, 0.6) is 0 Å². The number of carboxylic acids is 2. The first kappa shape index (κ1) is 38.3. The zero-order chi connectivity index (χ0) is 34.7. The lowest BCUT2D eigenvalue weighted by Crippen LogP contribution is -2.61. The van der Waals surface area contributed by atoms with Gasteiger partial charge in [0.05, 0.1) is 12.8 Å². The van der Waals surface area contributed by atoms with Crippen molar-refractivity contribution < 1.29 is 43.8 Å². The summed E-state index contributed by atoms with van der Waals surface area (Å²) in [5.41, 5.74) is 0. The fraction of sp³-hybridized carbons (Fsp3) is 0.774. The van der Waals surface area contributed by atoms with Crippen LogP contribution in [0.25, 0.3) is 0 Å². The Hall–Kier alpha value is -3.91. The van der Waals surface area contributed by atoms with E-state index in [-0.39, 0.29) is 17.9 Å². The Labute approximate surface area is 270 Å². The molecule has 15 nitrogen and oxygen atoms in total. The van der Waals surface area contributed by atoms with Crippen LogP contribution in [0.4, 0.5) is 4.79 Å². The van der Waals surface area contributed by atoms with Gasteiger partial charge in [-0.3, -0.25) is 24.0 Å². The molecule has 7 N–H and O–H groups in total. The zero-order valence-electron chi connectivity index (χ0n) is 27.8. The molecular weight excluding hydrogens is 600 g/mol. The van der Waals surface area contributed by atoms with Gasteiger partial charge < -0.3 is 41.7 Å². The lowest BCUT2D eigenvalue weighted by molar-refractivity contribution is -0.145. The number of aliphatic carboxylic acids is 2. The van der Waals surface area contributed by atoms with Gasteiger partial charge in [0.1, 0.15) is 24.2 Å². The molecule has 6 amide bonds. The fourth-order valence-electron chi connectivity index (χ4n) is 6.00. The molecule has 0 bridgehead atoms. The van der Waals surface area contributed by atoms with E-state index in [1.165, 1.54) is 0 Å². The summed E-state index contributed by atoms with van der Waals surface area (Å²) in [6, 6.07) is -6.27. The van der Waals surface area contributed by atoms with Gasteiger partial charge in [-0.25, -0.2) is 9.59 Å². The molecule has 7 atom stereocenters. The first-order valence-corrected chi connectivity index (χ1v) is 16.2. The van der Waals surface area contributed by atoms with E-state index < -0.39 is 90.4 Å². The average molecular weight is 653 g/mol. The van der Waals surface area contributed by atoms with E-state index in [1.807, 2.05) is 0 Å². The Balaban J connectivity index is 2.25. The molecule has 1 aliphatic carbocycles. The summed E-state index contributed by atoms with van der Waals surface area (Å²) in [7, 11) is 0. The molecule has 1 unspecified atom stereocenters. The number of hydrogen-bond acceptors (Lipinski definition) is 7. The third-order valence-electron chi connectivity index (χ3n) is 8.79. The van der Waals surface area contributed by atoms with Gasteiger partial charge in [0.25, 0.3) is 0 Å². The molecule has 0 aromatic heterocycles. The number of carbonyl (C=O) groups excluding carboxylic acids is 5. The molecule has 2 fully saturated rings. The van der Waals surface area contributed by atoms with Crippen molar-refractivity contribution in [3.05, 3.63) is 0 Å². The summed E-state index contributed by atoms with van der Waals surface area (Å²) in [6.45, 7) is 11.6. The summed E-state index contributed by atoms with van der Waals surface area (Å²) in [5.74, 6) is -6.44. The number of nitrogens with zero attached hydrogens (tertiary/aromatic N) is 1. The summed E-state index contributed by atoms with van der Waals surface area (Å²) in [4.78, 5) is 90.9. The van der Waals surface area contributed by atoms with Crippen molar-refractivity contribution in [3.8, 4) is 0 Å². The van der Waals surface area contributed by atoms with E-state index >= 15 is 0 Å². The van der Waals surface area contributed by atoms with Crippen LogP contribution in [-0.4, -0.2) is 100 Å². The predicted molar refractivity (Wildman–Crippen MR) is 167 cm³/mol. The van der Waals surface area contributed by atoms with Crippen LogP contribution < -0.4 is 26.6 Å². The number of rotatable bonds is 15. The molecule has 1 heterocycles. The number of hydrogen-bond donors (Lipinski definition) is 7. The van der Waals surface area contributed by atoms with E-state index in [0.717, 1.165) is 32.1 Å². The second-order valence-corrected chi connectivity index (χ2v) is 13.3. The minimum Gasteiger partial charge on any atom is -0.481 e. The molecule has 1 saturated carbocycles. The Morgan fingerprint density at radius 2 is 1.17 bits per heavy atom. The Kier molecular flexibility index (Phi) is 14.7. The molecule has 0 radical (unpaired) electrons. The zero-order valence-corrected chi connectivity index (χ0v) is 27.8. The number of likely N-dealkylation sites (tertiary alicyclic amines) is 1. The average Bonchev–Trinajstić information content (AvgIpc) is 3.50. The molecule has 1 saturated heterocycles. The van der Waals surface area contributed by atoms with Gasteiger partial charge in [0, 0.05) is 19.1 Å². The highest BCUT2D eigenvalue weighted by atomic mass is 16.4. The maximum absolute atomic E-state index is 13.6. The maximum atomic E-state index is 13.6. The third kappa shape index (κ3) is 11.5. The van der Waals surface area contributed by atoms with Crippen molar-refractivity contribution in [2.24, 2.45) is 23.7 Å². The quantitative estimate of drug-likeness (QED) is 0.133. The normalized spacial score (nSPS) is 22.3. The van der Waals surface area contributed by atoms with Crippen LogP contribution in [0.1, 0.15) is 86.5 Å². The highest BCUT2D eigenvalue weighted by Gasteiger charge is 2.36. The first-order chi connectivity index (χ1) is 21.5. The molecule has 260 valence electrons. The van der Waals surface area contributed by atoms with Crippen LogP contribution in [0.3, 0.4) is 0 Å². The minimum absolute atomic E-state index is 0.0741. The second kappa shape index (κ2) is 17.7. The van der Waals surface area contributed by atoms with Crippen LogP contribution in [0, 0.1) is 23.7 Å². The predicted octanol–water partition coefficient (Wildman–Crippen LogP) is 0.817. The van der Waals surface area contributed by atoms with Crippen LogP contribution in [0.15, 0.2) is 0 Å². The van der Waals surface area contributed by atoms with Crippen molar-refractivity contribution in [3.63, 3.8) is 0 Å². The van der Waals surface area contributed by atoms with Crippen molar-refractivity contribution in [2.45, 2.75) is 117 Å². The number of amides is 6. The topological polar surface area (TPSA) is 223 Å². The monoisotopic (exact) mass is 652 g/mol. The Bertz CT molecular complexity index is 1110. The number of carbonyl (C=O) groups is 7. The van der Waals surface area contributed by atoms with E-state index in [2.05, 4.69) is 40.4 Å². The van der Waals surface area contributed by atoms with E-state index in [9.17, 15) is 43.8 Å². The summed E-state index contributed by atoms with van der Waals surface area (Å²) in [5, 5.41) is 31.6. The van der Waals surface area contributed by atoms with Gasteiger partial charge in [-0.2, -0.15) is 0 Å². The smallest absolute Gasteiger partial charge is 0.326 e. The second-order valence-electron chi connectivity index (χ2n) is 13.3. The summed E-state index contributed by atoms with van der Waals surface area (Å²) >= 11 is 0. The van der Waals surface area contributed by atoms with E-state index in [0.29, 0.717) is 13.1 Å². The molecule has 46 heavy (non-hydrogen) atoms. The van der Waals surface area contributed by atoms with Crippen LogP contribution in [-0.2, 0) is 28.8 Å². The molecule has 0 aromatic carbocycles. The standard InChI is InChI=1S/C31H52N6O9/c1-16(2)24(35-31(46)36-26-18(5)10-9-11-19(26)6)29(43)33-20(14-22(38)37-12-7-8-13-37)27(41)32-21(15-23(39)40)28(42)34-25(17(3)4)30(44)45/h16-21,24-26H,7-15H2,1-6H3,(H,32,41)(H,33,43)(H,34,42)(H,39,40)(H,44,45)(H2,35,36,46)/t18-,19+,20-,21-,24-,25-,26?/m0/s1. The highest BCUT2D eigenvalue weighted by molar-refractivity contribution is 5.98. The van der Waals surface area contributed by atoms with Crippen molar-refractivity contribution in [1.82, 2.24) is 31.5 Å². The van der Waals surface area contributed by atoms with Gasteiger partial charge in [0.15, 0.2) is 0 Å². The Morgan fingerprint density at radius 3 is 1.67 bits per heavy atom. The third-order valence-corrected chi connectivity index (χ3v) is 8.79. The lowest BCUT2D eigenvalue weighted by Gasteiger charge is -2.35. The first-order valence-electron chi connectivity index (χ1n) is 16.2.